The second kappa shape index (κ2) is 6.84. The molecule has 1 aromatic heterocycles. The van der Waals surface area contributed by atoms with Gasteiger partial charge in [-0.2, -0.15) is 4.37 Å². The Labute approximate surface area is 118 Å². The Morgan fingerprint density at radius 2 is 2.11 bits per heavy atom. The number of carboxylic acids is 1. The molecule has 0 saturated heterocycles. The van der Waals surface area contributed by atoms with Gasteiger partial charge in [0, 0.05) is 29.9 Å². The number of nitrogens with one attached hydrogen (secondary N) is 1. The van der Waals surface area contributed by atoms with Gasteiger partial charge in [0.1, 0.15) is 5.82 Å². The van der Waals surface area contributed by atoms with Crippen molar-refractivity contribution in [1.82, 2.24) is 9.36 Å². The van der Waals surface area contributed by atoms with Gasteiger partial charge >= 0.3 is 5.97 Å². The van der Waals surface area contributed by atoms with Crippen LogP contribution in [0.15, 0.2) is 0 Å². The van der Waals surface area contributed by atoms with Gasteiger partial charge < -0.3 is 10.4 Å². The molecule has 1 rings (SSSR count). The van der Waals surface area contributed by atoms with Crippen LogP contribution in [-0.4, -0.2) is 27.0 Å². The van der Waals surface area contributed by atoms with Crippen LogP contribution < -0.4 is 5.32 Å². The average molecular weight is 285 g/mol. The summed E-state index contributed by atoms with van der Waals surface area (Å²) in [6.45, 7) is 9.15. The topological polar surface area (TPSA) is 75.1 Å². The van der Waals surface area contributed by atoms with Gasteiger partial charge in [0.2, 0.25) is 5.13 Å². The Hall–Kier alpha value is -1.17. The molecule has 0 saturated carbocycles. The van der Waals surface area contributed by atoms with Crippen LogP contribution in [0, 0.1) is 5.92 Å². The van der Waals surface area contributed by atoms with Gasteiger partial charge in [-0.15, -0.1) is 0 Å². The first-order valence-electron chi connectivity index (χ1n) is 6.59. The van der Waals surface area contributed by atoms with Gasteiger partial charge in [-0.1, -0.05) is 27.7 Å². The Morgan fingerprint density at radius 3 is 2.63 bits per heavy atom. The zero-order valence-electron chi connectivity index (χ0n) is 12.1. The van der Waals surface area contributed by atoms with E-state index < -0.39 is 5.97 Å². The normalized spacial score (nSPS) is 13.3. The van der Waals surface area contributed by atoms with Gasteiger partial charge in [-0.25, -0.2) is 4.98 Å². The Bertz CT molecular complexity index is 412. The highest BCUT2D eigenvalue weighted by atomic mass is 32.1. The number of hydrogen-bond donors (Lipinski definition) is 2. The summed E-state index contributed by atoms with van der Waals surface area (Å²) in [5.41, 5.74) is -0.0226. The largest absolute Gasteiger partial charge is 0.481 e. The molecule has 1 atom stereocenters. The van der Waals surface area contributed by atoms with Crippen LogP contribution in [0.5, 0.6) is 0 Å². The molecule has 0 spiro atoms. The van der Waals surface area contributed by atoms with Gasteiger partial charge in [0.15, 0.2) is 0 Å². The summed E-state index contributed by atoms with van der Waals surface area (Å²) in [5, 5.41) is 12.7. The fourth-order valence-electron chi connectivity index (χ4n) is 1.54. The van der Waals surface area contributed by atoms with E-state index in [9.17, 15) is 4.79 Å². The van der Waals surface area contributed by atoms with Crippen LogP contribution in [-0.2, 0) is 10.2 Å². The first-order chi connectivity index (χ1) is 8.79. The van der Waals surface area contributed by atoms with Crippen molar-refractivity contribution in [3.05, 3.63) is 5.82 Å². The number of hydrogen-bond acceptors (Lipinski definition) is 5. The van der Waals surface area contributed by atoms with E-state index >= 15 is 0 Å². The zero-order valence-corrected chi connectivity index (χ0v) is 12.9. The van der Waals surface area contributed by atoms with E-state index in [-0.39, 0.29) is 11.8 Å². The lowest BCUT2D eigenvalue weighted by atomic mass is 9.96. The molecule has 108 valence electrons. The van der Waals surface area contributed by atoms with E-state index in [0.29, 0.717) is 5.92 Å². The minimum absolute atomic E-state index is 0.0226. The smallest absolute Gasteiger partial charge is 0.303 e. The number of aliphatic carboxylic acids is 1. The van der Waals surface area contributed by atoms with E-state index in [2.05, 4.69) is 42.4 Å². The lowest BCUT2D eigenvalue weighted by Crippen LogP contribution is -2.13. The fraction of sp³-hybridized carbons (Fsp3) is 0.769. The van der Waals surface area contributed by atoms with Crippen LogP contribution in [0.25, 0.3) is 0 Å². The van der Waals surface area contributed by atoms with Gasteiger partial charge in [0.25, 0.3) is 0 Å². The molecular weight excluding hydrogens is 262 g/mol. The quantitative estimate of drug-likeness (QED) is 0.805. The van der Waals surface area contributed by atoms with E-state index in [1.54, 1.807) is 0 Å². The van der Waals surface area contributed by atoms with Crippen molar-refractivity contribution in [3.8, 4) is 0 Å². The van der Waals surface area contributed by atoms with Crippen molar-refractivity contribution < 1.29 is 9.90 Å². The predicted octanol–water partition coefficient (Wildman–Crippen LogP) is 3.14. The monoisotopic (exact) mass is 285 g/mol. The highest BCUT2D eigenvalue weighted by Gasteiger charge is 2.19. The van der Waals surface area contributed by atoms with Crippen LogP contribution in [0.3, 0.4) is 0 Å². The summed E-state index contributed by atoms with van der Waals surface area (Å²) in [4.78, 5) is 14.9. The van der Waals surface area contributed by atoms with Crippen LogP contribution in [0.2, 0.25) is 0 Å². The van der Waals surface area contributed by atoms with Crippen molar-refractivity contribution >= 4 is 22.6 Å². The fourth-order valence-corrected chi connectivity index (χ4v) is 2.32. The number of rotatable bonds is 7. The summed E-state index contributed by atoms with van der Waals surface area (Å²) in [7, 11) is 0. The van der Waals surface area contributed by atoms with E-state index in [4.69, 9.17) is 5.11 Å². The molecule has 5 nitrogen and oxygen atoms in total. The first-order valence-corrected chi connectivity index (χ1v) is 7.36. The molecule has 0 fully saturated rings. The molecule has 0 amide bonds. The van der Waals surface area contributed by atoms with Gasteiger partial charge in [0.05, 0.1) is 0 Å². The molecule has 0 aromatic carbocycles. The molecule has 0 aliphatic carbocycles. The maximum atomic E-state index is 10.5. The maximum absolute atomic E-state index is 10.5. The third kappa shape index (κ3) is 6.00. The van der Waals surface area contributed by atoms with Crippen molar-refractivity contribution in [2.45, 2.75) is 52.4 Å². The minimum atomic E-state index is -0.723. The highest BCUT2D eigenvalue weighted by Crippen LogP contribution is 2.23. The Morgan fingerprint density at radius 1 is 1.42 bits per heavy atom. The molecular formula is C13H23N3O2S. The van der Waals surface area contributed by atoms with Crippen molar-refractivity contribution in [3.63, 3.8) is 0 Å². The number of aromatic nitrogens is 2. The highest BCUT2D eigenvalue weighted by molar-refractivity contribution is 7.09. The van der Waals surface area contributed by atoms with E-state index in [0.717, 1.165) is 30.3 Å². The SMILES string of the molecule is CC(CCNc1nc(C(C)(C)C)ns1)CCC(=O)O. The second-order valence-electron chi connectivity index (χ2n) is 5.93. The standard InChI is InChI=1S/C13H23N3O2S/c1-9(5-6-10(17)18)7-8-14-12-15-11(16-19-12)13(2,3)4/h9H,5-8H2,1-4H3,(H,17,18)(H,14,15,16). The molecule has 0 aliphatic rings. The molecule has 2 N–H and O–H groups in total. The van der Waals surface area contributed by atoms with Crippen molar-refractivity contribution in [2.24, 2.45) is 5.92 Å². The predicted molar refractivity (Wildman–Crippen MR) is 77.7 cm³/mol. The molecule has 6 heteroatoms. The summed E-state index contributed by atoms with van der Waals surface area (Å²) >= 11 is 1.38. The summed E-state index contributed by atoms with van der Waals surface area (Å²) in [6, 6.07) is 0. The van der Waals surface area contributed by atoms with Crippen LogP contribution in [0.4, 0.5) is 5.13 Å². The lowest BCUT2D eigenvalue weighted by molar-refractivity contribution is -0.137. The molecule has 0 aliphatic heterocycles. The number of carbonyl (C=O) groups is 1. The zero-order chi connectivity index (χ0) is 14.5. The number of nitrogens with zero attached hydrogens (tertiary/aromatic N) is 2. The molecule has 0 bridgehead atoms. The number of carboxylic acid groups (broad SMARTS) is 1. The van der Waals surface area contributed by atoms with Crippen molar-refractivity contribution in [1.29, 1.82) is 0 Å². The average Bonchev–Trinajstić information content (AvgIpc) is 2.74. The minimum Gasteiger partial charge on any atom is -0.481 e. The van der Waals surface area contributed by atoms with E-state index in [1.165, 1.54) is 11.5 Å². The summed E-state index contributed by atoms with van der Waals surface area (Å²) in [5.74, 6) is 0.538. The molecule has 19 heavy (non-hydrogen) atoms. The first kappa shape index (κ1) is 15.9. The maximum Gasteiger partial charge on any atom is 0.303 e. The third-order valence-electron chi connectivity index (χ3n) is 2.86. The third-order valence-corrected chi connectivity index (χ3v) is 3.53. The van der Waals surface area contributed by atoms with E-state index in [1.807, 2.05) is 0 Å². The lowest BCUT2D eigenvalue weighted by Gasteiger charge is -2.12. The molecule has 1 heterocycles. The summed E-state index contributed by atoms with van der Waals surface area (Å²) < 4.78 is 4.34. The van der Waals surface area contributed by atoms with Gasteiger partial charge in [-0.05, 0) is 18.8 Å². The molecule has 1 aromatic rings. The summed E-state index contributed by atoms with van der Waals surface area (Å²) in [6.07, 6.45) is 1.91. The van der Waals surface area contributed by atoms with Gasteiger partial charge in [-0.3, -0.25) is 4.79 Å². The van der Waals surface area contributed by atoms with Crippen LogP contribution >= 0.6 is 11.5 Å². The second-order valence-corrected chi connectivity index (χ2v) is 6.68. The Kier molecular flexibility index (Phi) is 5.72. The van der Waals surface area contributed by atoms with Crippen LogP contribution in [0.1, 0.15) is 52.8 Å². The Balaban J connectivity index is 2.29. The van der Waals surface area contributed by atoms with Crippen molar-refractivity contribution in [2.75, 3.05) is 11.9 Å². The number of anilines is 1. The molecule has 0 radical (unpaired) electrons. The molecule has 1 unspecified atom stereocenters.